The summed E-state index contributed by atoms with van der Waals surface area (Å²) in [5.74, 6) is 1.21. The molecule has 1 atom stereocenters. The van der Waals surface area contributed by atoms with Crippen LogP contribution < -0.4 is 10.1 Å². The van der Waals surface area contributed by atoms with Crippen LogP contribution in [0.15, 0.2) is 76.3 Å². The lowest BCUT2D eigenvalue weighted by Gasteiger charge is -2.34. The fraction of sp³-hybridized carbons (Fsp3) is 0.261. The van der Waals surface area contributed by atoms with E-state index in [0.29, 0.717) is 28.6 Å². The van der Waals surface area contributed by atoms with Crippen molar-refractivity contribution in [1.82, 2.24) is 4.31 Å². The summed E-state index contributed by atoms with van der Waals surface area (Å²) >= 11 is 1.21. The summed E-state index contributed by atoms with van der Waals surface area (Å²) < 4.78 is 33.5. The maximum atomic E-state index is 13.0. The van der Waals surface area contributed by atoms with Crippen LogP contribution in [0.4, 0.5) is 5.69 Å². The molecule has 8 heteroatoms. The van der Waals surface area contributed by atoms with E-state index in [-0.39, 0.29) is 18.4 Å². The number of nitrogens with zero attached hydrogens (tertiary/aromatic N) is 1. The number of piperidine rings is 1. The standard InChI is InChI=1S/C23H24N2O4S2/c26-22(24-18-11-13-21(14-12-18)29-20-8-2-1-3-9-20)17-19-7-4-5-15-25(19)31(27,28)23-10-6-16-30-23/h1-3,6,8-14,16,19H,4-5,7,15,17H2,(H,24,26)/t19-/m0/s1. The van der Waals surface area contributed by atoms with Crippen LogP contribution in [0.1, 0.15) is 25.7 Å². The smallest absolute Gasteiger partial charge is 0.252 e. The van der Waals surface area contributed by atoms with Crippen LogP contribution in [0.5, 0.6) is 11.5 Å². The number of sulfonamides is 1. The summed E-state index contributed by atoms with van der Waals surface area (Å²) in [5, 5.41) is 4.63. The maximum absolute atomic E-state index is 13.0. The molecule has 162 valence electrons. The number of hydrogen-bond donors (Lipinski definition) is 1. The normalized spacial score (nSPS) is 17.2. The highest BCUT2D eigenvalue weighted by atomic mass is 32.2. The van der Waals surface area contributed by atoms with Gasteiger partial charge in [-0.25, -0.2) is 8.42 Å². The van der Waals surface area contributed by atoms with E-state index in [0.717, 1.165) is 18.6 Å². The van der Waals surface area contributed by atoms with E-state index in [4.69, 9.17) is 4.74 Å². The Kier molecular flexibility index (Phi) is 6.70. The van der Waals surface area contributed by atoms with E-state index >= 15 is 0 Å². The van der Waals surface area contributed by atoms with Crippen molar-refractivity contribution in [2.45, 2.75) is 35.9 Å². The molecular formula is C23H24N2O4S2. The number of para-hydroxylation sites is 1. The summed E-state index contributed by atoms with van der Waals surface area (Å²) in [4.78, 5) is 12.7. The van der Waals surface area contributed by atoms with E-state index in [1.807, 2.05) is 30.3 Å². The van der Waals surface area contributed by atoms with Crippen LogP contribution in [-0.2, 0) is 14.8 Å². The van der Waals surface area contributed by atoms with E-state index in [1.165, 1.54) is 15.6 Å². The lowest BCUT2D eigenvalue weighted by Crippen LogP contribution is -2.45. The van der Waals surface area contributed by atoms with Gasteiger partial charge in [0, 0.05) is 24.7 Å². The Morgan fingerprint density at radius 2 is 1.74 bits per heavy atom. The van der Waals surface area contributed by atoms with Gasteiger partial charge in [0.05, 0.1) is 0 Å². The Morgan fingerprint density at radius 3 is 2.45 bits per heavy atom. The zero-order chi connectivity index (χ0) is 21.7. The van der Waals surface area contributed by atoms with Crippen LogP contribution in [0.3, 0.4) is 0 Å². The van der Waals surface area contributed by atoms with Crippen molar-refractivity contribution in [3.05, 3.63) is 72.1 Å². The van der Waals surface area contributed by atoms with Crippen molar-refractivity contribution in [3.63, 3.8) is 0 Å². The molecule has 0 saturated carbocycles. The number of carbonyl (C=O) groups is 1. The monoisotopic (exact) mass is 456 g/mol. The summed E-state index contributed by atoms with van der Waals surface area (Å²) in [6, 6.07) is 19.6. The molecule has 0 aliphatic carbocycles. The molecule has 0 unspecified atom stereocenters. The molecule has 1 aliphatic heterocycles. The van der Waals surface area contributed by atoms with Gasteiger partial charge in [-0.3, -0.25) is 4.79 Å². The number of rotatable bonds is 7. The maximum Gasteiger partial charge on any atom is 0.252 e. The van der Waals surface area contributed by atoms with Gasteiger partial charge in [-0.15, -0.1) is 11.3 Å². The van der Waals surface area contributed by atoms with E-state index in [2.05, 4.69) is 5.32 Å². The van der Waals surface area contributed by atoms with E-state index in [1.54, 1.807) is 41.8 Å². The molecule has 0 spiro atoms. The summed E-state index contributed by atoms with van der Waals surface area (Å²) in [7, 11) is -3.57. The van der Waals surface area contributed by atoms with Gasteiger partial charge in [0.2, 0.25) is 5.91 Å². The molecule has 2 aromatic carbocycles. The number of nitrogens with one attached hydrogen (secondary N) is 1. The Bertz CT molecular complexity index is 1100. The number of anilines is 1. The van der Waals surface area contributed by atoms with Crippen LogP contribution in [0.2, 0.25) is 0 Å². The number of amides is 1. The molecule has 1 fully saturated rings. The molecule has 1 aromatic heterocycles. The molecule has 1 amide bonds. The summed E-state index contributed by atoms with van der Waals surface area (Å²) in [5.41, 5.74) is 0.647. The second-order valence-corrected chi connectivity index (χ2v) is 10.5. The number of ether oxygens (including phenoxy) is 1. The number of hydrogen-bond acceptors (Lipinski definition) is 5. The first-order valence-corrected chi connectivity index (χ1v) is 12.5. The van der Waals surface area contributed by atoms with Crippen LogP contribution in [0.25, 0.3) is 0 Å². The average molecular weight is 457 g/mol. The molecule has 31 heavy (non-hydrogen) atoms. The molecule has 0 radical (unpaired) electrons. The minimum Gasteiger partial charge on any atom is -0.457 e. The predicted molar refractivity (Wildman–Crippen MR) is 122 cm³/mol. The van der Waals surface area contributed by atoms with E-state index < -0.39 is 10.0 Å². The Balaban J connectivity index is 1.38. The van der Waals surface area contributed by atoms with Gasteiger partial charge in [0.1, 0.15) is 15.7 Å². The van der Waals surface area contributed by atoms with Crippen molar-refractivity contribution >= 4 is 33.0 Å². The first kappa shape index (κ1) is 21.5. The second-order valence-electron chi connectivity index (χ2n) is 7.39. The number of thiophene rings is 1. The minimum absolute atomic E-state index is 0.132. The fourth-order valence-electron chi connectivity index (χ4n) is 3.68. The number of benzene rings is 2. The highest BCUT2D eigenvalue weighted by molar-refractivity contribution is 7.91. The van der Waals surface area contributed by atoms with Gasteiger partial charge in [0.15, 0.2) is 0 Å². The third-order valence-electron chi connectivity index (χ3n) is 5.17. The van der Waals surface area contributed by atoms with Gasteiger partial charge < -0.3 is 10.1 Å². The molecule has 2 heterocycles. The average Bonchev–Trinajstić information content (AvgIpc) is 3.32. The van der Waals surface area contributed by atoms with E-state index in [9.17, 15) is 13.2 Å². The molecular weight excluding hydrogens is 432 g/mol. The summed E-state index contributed by atoms with van der Waals surface area (Å²) in [6.45, 7) is 0.448. The Labute approximate surface area is 186 Å². The fourth-order valence-corrected chi connectivity index (χ4v) is 6.49. The van der Waals surface area contributed by atoms with Crippen molar-refractivity contribution in [1.29, 1.82) is 0 Å². The lowest BCUT2D eigenvalue weighted by atomic mass is 10.0. The molecule has 1 saturated heterocycles. The first-order valence-electron chi connectivity index (χ1n) is 10.2. The minimum atomic E-state index is -3.57. The van der Waals surface area contributed by atoms with Crippen molar-refractivity contribution in [2.24, 2.45) is 0 Å². The van der Waals surface area contributed by atoms with Crippen molar-refractivity contribution < 1.29 is 17.9 Å². The topological polar surface area (TPSA) is 75.7 Å². The van der Waals surface area contributed by atoms with Crippen LogP contribution in [-0.4, -0.2) is 31.2 Å². The summed E-state index contributed by atoms with van der Waals surface area (Å²) in [6.07, 6.45) is 2.54. The molecule has 4 rings (SSSR count). The predicted octanol–water partition coefficient (Wildman–Crippen LogP) is 5.11. The molecule has 6 nitrogen and oxygen atoms in total. The molecule has 3 aromatic rings. The highest BCUT2D eigenvalue weighted by Crippen LogP contribution is 2.29. The Hall–Kier alpha value is -2.68. The van der Waals surface area contributed by atoms with Gasteiger partial charge in [-0.05, 0) is 60.7 Å². The zero-order valence-corrected chi connectivity index (χ0v) is 18.6. The van der Waals surface area contributed by atoms with Gasteiger partial charge in [-0.1, -0.05) is 30.7 Å². The molecule has 0 bridgehead atoms. The number of carbonyl (C=O) groups excluding carboxylic acids is 1. The van der Waals surface area contributed by atoms with Crippen molar-refractivity contribution in [2.75, 3.05) is 11.9 Å². The largest absolute Gasteiger partial charge is 0.457 e. The highest BCUT2D eigenvalue weighted by Gasteiger charge is 2.35. The second kappa shape index (κ2) is 9.64. The van der Waals surface area contributed by atoms with Crippen molar-refractivity contribution in [3.8, 4) is 11.5 Å². The Morgan fingerprint density at radius 1 is 1.00 bits per heavy atom. The first-order chi connectivity index (χ1) is 15.0. The quantitative estimate of drug-likeness (QED) is 0.536. The van der Waals surface area contributed by atoms with Gasteiger partial charge in [0.25, 0.3) is 10.0 Å². The third kappa shape index (κ3) is 5.33. The molecule has 1 N–H and O–H groups in total. The third-order valence-corrected chi connectivity index (χ3v) is 8.49. The van der Waals surface area contributed by atoms with Gasteiger partial charge in [-0.2, -0.15) is 4.31 Å². The van der Waals surface area contributed by atoms with Crippen LogP contribution in [0, 0.1) is 0 Å². The zero-order valence-electron chi connectivity index (χ0n) is 16.9. The van der Waals surface area contributed by atoms with Crippen LogP contribution >= 0.6 is 11.3 Å². The van der Waals surface area contributed by atoms with Gasteiger partial charge >= 0.3 is 0 Å². The SMILES string of the molecule is O=C(C[C@@H]1CCCCN1S(=O)(=O)c1cccs1)Nc1ccc(Oc2ccccc2)cc1. The lowest BCUT2D eigenvalue weighted by molar-refractivity contribution is -0.117. The molecule has 1 aliphatic rings.